The largest absolute Gasteiger partial charge is 0.449 e. The third kappa shape index (κ3) is 5.19. The number of carbonyl (C=O) groups is 2. The van der Waals surface area contributed by atoms with Crippen LogP contribution in [0.4, 0.5) is 0 Å². The average Bonchev–Trinajstić information content (AvgIpc) is 3.16. The van der Waals surface area contributed by atoms with E-state index >= 15 is 0 Å². The molecule has 4 rings (SSSR count). The molecule has 1 N–H and O–H groups in total. The molecule has 1 fully saturated rings. The fourth-order valence-electron chi connectivity index (χ4n) is 5.61. The normalized spacial score (nSPS) is 22.2. The molecule has 0 saturated carbocycles. The highest BCUT2D eigenvalue weighted by Gasteiger charge is 2.48. The highest BCUT2D eigenvalue weighted by molar-refractivity contribution is 6.24. The molecule has 2 aliphatic rings. The Bertz CT molecular complexity index is 1070. The highest BCUT2D eigenvalue weighted by atomic mass is 16.7. The third-order valence-corrected chi connectivity index (χ3v) is 6.73. The SMILES string of the molecule is CCCON1C(C)(C)CC(NC(=O)C2=C(c3ccccc3)C(c3ccccc3)OC2=O)CC1(C)C. The van der Waals surface area contributed by atoms with Crippen LogP contribution < -0.4 is 5.32 Å². The second-order valence-corrected chi connectivity index (χ2v) is 10.7. The van der Waals surface area contributed by atoms with Gasteiger partial charge in [0.2, 0.25) is 0 Å². The monoisotopic (exact) mass is 476 g/mol. The van der Waals surface area contributed by atoms with Gasteiger partial charge in [0.25, 0.3) is 5.91 Å². The van der Waals surface area contributed by atoms with Crippen LogP contribution in [0, 0.1) is 0 Å². The molecule has 0 radical (unpaired) electrons. The van der Waals surface area contributed by atoms with Gasteiger partial charge in [-0.3, -0.25) is 9.63 Å². The molecule has 0 aliphatic carbocycles. The Labute approximate surface area is 208 Å². The van der Waals surface area contributed by atoms with Gasteiger partial charge in [-0.2, -0.15) is 5.06 Å². The summed E-state index contributed by atoms with van der Waals surface area (Å²) >= 11 is 0. The van der Waals surface area contributed by atoms with E-state index in [2.05, 4.69) is 45.0 Å². The van der Waals surface area contributed by atoms with Crippen molar-refractivity contribution in [2.24, 2.45) is 0 Å². The van der Waals surface area contributed by atoms with E-state index in [0.29, 0.717) is 25.0 Å². The third-order valence-electron chi connectivity index (χ3n) is 6.73. The van der Waals surface area contributed by atoms with E-state index in [1.165, 1.54) is 0 Å². The predicted molar refractivity (Wildman–Crippen MR) is 136 cm³/mol. The summed E-state index contributed by atoms with van der Waals surface area (Å²) in [5.74, 6) is -0.968. The van der Waals surface area contributed by atoms with Crippen LogP contribution in [0.2, 0.25) is 0 Å². The summed E-state index contributed by atoms with van der Waals surface area (Å²) in [6, 6.07) is 19.0. The number of hydroxylamine groups is 2. The number of hydrogen-bond acceptors (Lipinski definition) is 5. The van der Waals surface area contributed by atoms with E-state index in [1.54, 1.807) is 0 Å². The van der Waals surface area contributed by atoms with E-state index in [-0.39, 0.29) is 28.6 Å². The fraction of sp³-hybridized carbons (Fsp3) is 0.448. The quantitative estimate of drug-likeness (QED) is 0.438. The maximum absolute atomic E-state index is 13.6. The van der Waals surface area contributed by atoms with Crippen molar-refractivity contribution in [2.75, 3.05) is 6.61 Å². The van der Waals surface area contributed by atoms with Crippen LogP contribution >= 0.6 is 0 Å². The summed E-state index contributed by atoms with van der Waals surface area (Å²) < 4.78 is 5.78. The molecule has 1 unspecified atom stereocenters. The summed E-state index contributed by atoms with van der Waals surface area (Å²) in [5, 5.41) is 5.25. The number of piperidine rings is 1. The summed E-state index contributed by atoms with van der Waals surface area (Å²) in [6.45, 7) is 11.3. The first-order chi connectivity index (χ1) is 16.6. The Kier molecular flexibility index (Phi) is 7.15. The first kappa shape index (κ1) is 25.1. The van der Waals surface area contributed by atoms with Gasteiger partial charge in [-0.05, 0) is 58.1 Å². The Morgan fingerprint density at radius 3 is 2.14 bits per heavy atom. The van der Waals surface area contributed by atoms with Crippen LogP contribution in [0.15, 0.2) is 66.2 Å². The molecule has 2 aliphatic heterocycles. The van der Waals surface area contributed by atoms with Crippen molar-refractivity contribution in [1.29, 1.82) is 0 Å². The van der Waals surface area contributed by atoms with E-state index < -0.39 is 12.1 Å². The topological polar surface area (TPSA) is 67.9 Å². The maximum Gasteiger partial charge on any atom is 0.345 e. The van der Waals surface area contributed by atoms with Gasteiger partial charge in [0.15, 0.2) is 6.10 Å². The predicted octanol–water partition coefficient (Wildman–Crippen LogP) is 5.22. The lowest BCUT2D eigenvalue weighted by molar-refractivity contribution is -0.283. The molecule has 1 atom stereocenters. The van der Waals surface area contributed by atoms with Crippen LogP contribution in [0.3, 0.4) is 0 Å². The molecule has 0 aromatic heterocycles. The van der Waals surface area contributed by atoms with E-state index in [0.717, 1.165) is 17.5 Å². The zero-order valence-electron chi connectivity index (χ0n) is 21.3. The van der Waals surface area contributed by atoms with Crippen LogP contribution in [0.1, 0.15) is 71.1 Å². The summed E-state index contributed by atoms with van der Waals surface area (Å²) in [7, 11) is 0. The molecule has 0 spiro atoms. The van der Waals surface area contributed by atoms with E-state index in [1.807, 2.05) is 60.7 Å². The van der Waals surface area contributed by atoms with Gasteiger partial charge >= 0.3 is 5.97 Å². The molecular weight excluding hydrogens is 440 g/mol. The molecule has 35 heavy (non-hydrogen) atoms. The minimum absolute atomic E-state index is 0.0883. The average molecular weight is 477 g/mol. The van der Waals surface area contributed by atoms with E-state index in [9.17, 15) is 9.59 Å². The Hall–Kier alpha value is -2.96. The van der Waals surface area contributed by atoms with Gasteiger partial charge in [0.05, 0.1) is 6.61 Å². The summed E-state index contributed by atoms with van der Waals surface area (Å²) in [4.78, 5) is 32.8. The molecule has 1 saturated heterocycles. The van der Waals surface area contributed by atoms with Crippen molar-refractivity contribution in [3.8, 4) is 0 Å². The van der Waals surface area contributed by atoms with Gasteiger partial charge in [-0.15, -0.1) is 0 Å². The molecule has 2 heterocycles. The fourth-order valence-corrected chi connectivity index (χ4v) is 5.61. The Morgan fingerprint density at radius 2 is 1.57 bits per heavy atom. The molecule has 0 bridgehead atoms. The lowest BCUT2D eigenvalue weighted by atomic mass is 9.78. The molecular formula is C29H36N2O4. The number of cyclic esters (lactones) is 1. The first-order valence-corrected chi connectivity index (χ1v) is 12.4. The number of carbonyl (C=O) groups excluding carboxylic acids is 2. The standard InChI is InChI=1S/C29H36N2O4/c1-6-17-34-31-28(2,3)18-22(19-29(31,4)5)30-26(32)24-23(20-13-9-7-10-14-20)25(35-27(24)33)21-15-11-8-12-16-21/h7-16,22,25H,6,17-19H2,1-5H3,(H,30,32). The van der Waals surface area contributed by atoms with Gasteiger partial charge in [-0.25, -0.2) is 4.79 Å². The minimum atomic E-state index is -0.621. The molecule has 6 heteroatoms. The number of ether oxygens (including phenoxy) is 1. The zero-order chi connectivity index (χ0) is 25.2. The lowest BCUT2D eigenvalue weighted by Gasteiger charge is -2.53. The summed E-state index contributed by atoms with van der Waals surface area (Å²) in [6.07, 6.45) is 1.72. The molecule has 2 aromatic carbocycles. The van der Waals surface area contributed by atoms with Crippen LogP contribution in [0.5, 0.6) is 0 Å². The lowest BCUT2D eigenvalue weighted by Crippen LogP contribution is -2.64. The number of esters is 1. The van der Waals surface area contributed by atoms with Crippen LogP contribution in [0.25, 0.3) is 5.57 Å². The van der Waals surface area contributed by atoms with Crippen molar-refractivity contribution in [3.63, 3.8) is 0 Å². The number of benzene rings is 2. The number of nitrogens with zero attached hydrogens (tertiary/aromatic N) is 1. The van der Waals surface area contributed by atoms with Crippen molar-refractivity contribution in [1.82, 2.24) is 10.4 Å². The molecule has 1 amide bonds. The number of rotatable bonds is 7. The zero-order valence-corrected chi connectivity index (χ0v) is 21.3. The number of amides is 1. The Morgan fingerprint density at radius 1 is 1.00 bits per heavy atom. The van der Waals surface area contributed by atoms with Crippen molar-refractivity contribution >= 4 is 17.4 Å². The van der Waals surface area contributed by atoms with Gasteiger partial charge in [-0.1, -0.05) is 67.6 Å². The minimum Gasteiger partial charge on any atom is -0.449 e. The molecule has 2 aromatic rings. The molecule has 6 nitrogen and oxygen atoms in total. The smallest absolute Gasteiger partial charge is 0.345 e. The Balaban J connectivity index is 1.65. The van der Waals surface area contributed by atoms with Gasteiger partial charge in [0, 0.05) is 22.7 Å². The molecule has 186 valence electrons. The first-order valence-electron chi connectivity index (χ1n) is 12.4. The van der Waals surface area contributed by atoms with E-state index in [4.69, 9.17) is 9.57 Å². The number of nitrogens with one attached hydrogen (secondary N) is 1. The van der Waals surface area contributed by atoms with Crippen LogP contribution in [-0.2, 0) is 19.2 Å². The van der Waals surface area contributed by atoms with Crippen molar-refractivity contribution in [3.05, 3.63) is 77.4 Å². The second kappa shape index (κ2) is 9.96. The highest BCUT2D eigenvalue weighted by Crippen LogP contribution is 2.43. The maximum atomic E-state index is 13.6. The van der Waals surface area contributed by atoms with Crippen molar-refractivity contribution < 1.29 is 19.2 Å². The summed E-state index contributed by atoms with van der Waals surface area (Å²) in [5.41, 5.74) is 1.78. The second-order valence-electron chi connectivity index (χ2n) is 10.7. The van der Waals surface area contributed by atoms with Gasteiger partial charge in [0.1, 0.15) is 5.57 Å². The van der Waals surface area contributed by atoms with Crippen LogP contribution in [-0.4, -0.2) is 40.7 Å². The number of hydrogen-bond donors (Lipinski definition) is 1. The van der Waals surface area contributed by atoms with Crippen molar-refractivity contribution in [2.45, 2.75) is 77.1 Å². The van der Waals surface area contributed by atoms with Gasteiger partial charge < -0.3 is 10.1 Å².